The number of nitriles is 1. The molecular weight excluding hydrogens is 376 g/mol. The lowest BCUT2D eigenvalue weighted by Crippen LogP contribution is -2.42. The van der Waals surface area contributed by atoms with E-state index in [1.807, 2.05) is 44.2 Å². The summed E-state index contributed by atoms with van der Waals surface area (Å²) < 4.78 is 11.1. The maximum atomic E-state index is 13.5. The van der Waals surface area contributed by atoms with Gasteiger partial charge in [-0.25, -0.2) is 0 Å². The molecule has 0 spiro atoms. The van der Waals surface area contributed by atoms with Crippen molar-refractivity contribution >= 4 is 11.6 Å². The number of carbonyl (C=O) groups excluding carboxylic acids is 1. The number of anilines is 1. The number of hydrogen-bond acceptors (Lipinski definition) is 4. The SMILES string of the molecule is CC[C@H](C)Oc1ccc(NC(=O)C2(c3ccc(OC)cc3)CCCCC2)c(C#N)c1. The molecule has 0 unspecified atom stereocenters. The van der Waals surface area contributed by atoms with Crippen LogP contribution in [0.5, 0.6) is 11.5 Å². The van der Waals surface area contributed by atoms with Gasteiger partial charge in [0, 0.05) is 6.07 Å². The smallest absolute Gasteiger partial charge is 0.235 e. The van der Waals surface area contributed by atoms with Crippen LogP contribution in [-0.2, 0) is 10.2 Å². The Bertz CT molecular complexity index is 909. The van der Waals surface area contributed by atoms with Crippen molar-refractivity contribution in [2.45, 2.75) is 63.9 Å². The van der Waals surface area contributed by atoms with Gasteiger partial charge in [0.15, 0.2) is 0 Å². The van der Waals surface area contributed by atoms with Gasteiger partial charge in [0.1, 0.15) is 17.6 Å². The predicted octanol–water partition coefficient (Wildman–Crippen LogP) is 5.58. The predicted molar refractivity (Wildman–Crippen MR) is 118 cm³/mol. The van der Waals surface area contributed by atoms with Crippen molar-refractivity contribution in [3.05, 3.63) is 53.6 Å². The lowest BCUT2D eigenvalue weighted by molar-refractivity contribution is -0.122. The van der Waals surface area contributed by atoms with Crippen LogP contribution < -0.4 is 14.8 Å². The van der Waals surface area contributed by atoms with Crippen LogP contribution in [0.25, 0.3) is 0 Å². The largest absolute Gasteiger partial charge is 0.497 e. The maximum absolute atomic E-state index is 13.5. The van der Waals surface area contributed by atoms with E-state index in [9.17, 15) is 10.1 Å². The van der Waals surface area contributed by atoms with Crippen LogP contribution in [0.4, 0.5) is 5.69 Å². The third kappa shape index (κ3) is 4.59. The molecule has 1 atom stereocenters. The van der Waals surface area contributed by atoms with Crippen molar-refractivity contribution < 1.29 is 14.3 Å². The zero-order chi connectivity index (χ0) is 21.6. The van der Waals surface area contributed by atoms with Gasteiger partial charge in [-0.2, -0.15) is 5.26 Å². The second kappa shape index (κ2) is 9.67. The summed E-state index contributed by atoms with van der Waals surface area (Å²) in [7, 11) is 1.64. The van der Waals surface area contributed by atoms with E-state index < -0.39 is 5.41 Å². The Hall–Kier alpha value is -3.00. The van der Waals surface area contributed by atoms with E-state index in [1.165, 1.54) is 0 Å². The molecule has 0 bridgehead atoms. The molecule has 2 aromatic carbocycles. The lowest BCUT2D eigenvalue weighted by Gasteiger charge is -2.36. The van der Waals surface area contributed by atoms with Crippen LogP contribution >= 0.6 is 0 Å². The van der Waals surface area contributed by atoms with Gasteiger partial charge in [-0.3, -0.25) is 4.79 Å². The number of benzene rings is 2. The number of hydrogen-bond donors (Lipinski definition) is 1. The molecule has 2 aromatic rings. The van der Waals surface area contributed by atoms with E-state index in [0.717, 1.165) is 49.8 Å². The van der Waals surface area contributed by atoms with Gasteiger partial charge in [0.05, 0.1) is 29.9 Å². The molecule has 0 heterocycles. The van der Waals surface area contributed by atoms with E-state index in [1.54, 1.807) is 19.2 Å². The van der Waals surface area contributed by atoms with Crippen molar-refractivity contribution in [1.29, 1.82) is 5.26 Å². The summed E-state index contributed by atoms with van der Waals surface area (Å²) in [5, 5.41) is 12.7. The van der Waals surface area contributed by atoms with Crippen LogP contribution in [0.15, 0.2) is 42.5 Å². The number of ether oxygens (including phenoxy) is 2. The second-order valence-electron chi connectivity index (χ2n) is 7.98. The molecule has 0 radical (unpaired) electrons. The average molecular weight is 407 g/mol. The molecule has 0 saturated heterocycles. The van der Waals surface area contributed by atoms with Gasteiger partial charge < -0.3 is 14.8 Å². The number of rotatable bonds is 7. The first-order valence-electron chi connectivity index (χ1n) is 10.7. The van der Waals surface area contributed by atoms with Crippen molar-refractivity contribution in [1.82, 2.24) is 0 Å². The van der Waals surface area contributed by atoms with E-state index in [2.05, 4.69) is 11.4 Å². The first kappa shape index (κ1) is 21.7. The molecule has 1 aliphatic carbocycles. The molecule has 5 heteroatoms. The summed E-state index contributed by atoms with van der Waals surface area (Å²) in [6, 6.07) is 15.2. The number of nitrogens with one attached hydrogen (secondary N) is 1. The first-order chi connectivity index (χ1) is 14.5. The third-order valence-corrected chi connectivity index (χ3v) is 6.06. The van der Waals surface area contributed by atoms with E-state index in [-0.39, 0.29) is 12.0 Å². The Balaban J connectivity index is 1.88. The zero-order valence-electron chi connectivity index (χ0n) is 18.0. The summed E-state index contributed by atoms with van der Waals surface area (Å²) in [6.07, 6.45) is 5.68. The molecular formula is C25H30N2O3. The quantitative estimate of drug-likeness (QED) is 0.651. The normalized spacial score (nSPS) is 16.2. The van der Waals surface area contributed by atoms with Crippen LogP contribution in [0.2, 0.25) is 0 Å². The van der Waals surface area contributed by atoms with Gasteiger partial charge in [0.25, 0.3) is 0 Å². The molecule has 1 aliphatic rings. The fourth-order valence-corrected chi connectivity index (χ4v) is 4.07. The Labute approximate surface area is 179 Å². The van der Waals surface area contributed by atoms with Crippen LogP contribution in [0.1, 0.15) is 63.5 Å². The Morgan fingerprint density at radius 1 is 1.13 bits per heavy atom. The molecule has 0 aliphatic heterocycles. The number of methoxy groups -OCH3 is 1. The lowest BCUT2D eigenvalue weighted by atomic mass is 9.68. The van der Waals surface area contributed by atoms with Crippen LogP contribution in [0, 0.1) is 11.3 Å². The fourth-order valence-electron chi connectivity index (χ4n) is 4.07. The average Bonchev–Trinajstić information content (AvgIpc) is 2.80. The van der Waals surface area contributed by atoms with Gasteiger partial charge in [0.2, 0.25) is 5.91 Å². The third-order valence-electron chi connectivity index (χ3n) is 6.06. The summed E-state index contributed by atoms with van der Waals surface area (Å²) >= 11 is 0. The topological polar surface area (TPSA) is 71.3 Å². The summed E-state index contributed by atoms with van der Waals surface area (Å²) in [5.74, 6) is 1.36. The number of carbonyl (C=O) groups is 1. The molecule has 1 fully saturated rings. The van der Waals surface area contributed by atoms with Gasteiger partial charge in [-0.15, -0.1) is 0 Å². The van der Waals surface area contributed by atoms with Crippen molar-refractivity contribution in [2.75, 3.05) is 12.4 Å². The molecule has 1 saturated carbocycles. The Morgan fingerprint density at radius 2 is 1.80 bits per heavy atom. The summed E-state index contributed by atoms with van der Waals surface area (Å²) in [4.78, 5) is 13.5. The molecule has 0 aromatic heterocycles. The monoisotopic (exact) mass is 406 g/mol. The first-order valence-corrected chi connectivity index (χ1v) is 10.7. The highest BCUT2D eigenvalue weighted by Gasteiger charge is 2.41. The highest BCUT2D eigenvalue weighted by Crippen LogP contribution is 2.41. The minimum absolute atomic E-state index is 0.0561. The minimum atomic E-state index is -0.594. The van der Waals surface area contributed by atoms with Gasteiger partial charge in [-0.1, -0.05) is 38.3 Å². The Morgan fingerprint density at radius 3 is 2.40 bits per heavy atom. The molecule has 1 N–H and O–H groups in total. The molecule has 5 nitrogen and oxygen atoms in total. The standard InChI is InChI=1S/C25H30N2O3/c1-4-18(2)30-22-12-13-23(19(16-22)17-26)27-24(28)25(14-6-5-7-15-25)20-8-10-21(29-3)11-9-20/h8-13,16,18H,4-7,14-15H2,1-3H3,(H,27,28)/t18-/m0/s1. The number of nitrogens with zero attached hydrogens (tertiary/aromatic N) is 1. The Kier molecular flexibility index (Phi) is 6.99. The van der Waals surface area contributed by atoms with E-state index in [4.69, 9.17) is 9.47 Å². The highest BCUT2D eigenvalue weighted by molar-refractivity contribution is 6.00. The number of amides is 1. The fraction of sp³-hybridized carbons (Fsp3) is 0.440. The van der Waals surface area contributed by atoms with Crippen LogP contribution in [-0.4, -0.2) is 19.1 Å². The van der Waals surface area contributed by atoms with Crippen molar-refractivity contribution in [2.24, 2.45) is 0 Å². The van der Waals surface area contributed by atoms with Crippen molar-refractivity contribution in [3.8, 4) is 17.6 Å². The van der Waals surface area contributed by atoms with Gasteiger partial charge >= 0.3 is 0 Å². The van der Waals surface area contributed by atoms with Gasteiger partial charge in [-0.05, 0) is 56.0 Å². The minimum Gasteiger partial charge on any atom is -0.497 e. The molecule has 30 heavy (non-hydrogen) atoms. The highest BCUT2D eigenvalue weighted by atomic mass is 16.5. The molecule has 3 rings (SSSR count). The summed E-state index contributed by atoms with van der Waals surface area (Å²) in [6.45, 7) is 4.04. The van der Waals surface area contributed by atoms with Crippen LogP contribution in [0.3, 0.4) is 0 Å². The van der Waals surface area contributed by atoms with Crippen molar-refractivity contribution in [3.63, 3.8) is 0 Å². The van der Waals surface area contributed by atoms with E-state index >= 15 is 0 Å². The second-order valence-corrected chi connectivity index (χ2v) is 7.98. The summed E-state index contributed by atoms with van der Waals surface area (Å²) in [5.41, 5.74) is 1.33. The maximum Gasteiger partial charge on any atom is 0.235 e. The van der Waals surface area contributed by atoms with E-state index in [0.29, 0.717) is 17.0 Å². The molecule has 158 valence electrons. The zero-order valence-corrected chi connectivity index (χ0v) is 18.0. The molecule has 1 amide bonds.